The molecule has 1 saturated heterocycles. The van der Waals surface area contributed by atoms with Gasteiger partial charge in [-0.1, -0.05) is 12.2 Å². The van der Waals surface area contributed by atoms with Gasteiger partial charge >= 0.3 is 0 Å². The highest BCUT2D eigenvalue weighted by molar-refractivity contribution is 5.76. The molecule has 1 aliphatic heterocycles. The van der Waals surface area contributed by atoms with Crippen LogP contribution in [-0.4, -0.2) is 28.9 Å². The van der Waals surface area contributed by atoms with Crippen molar-refractivity contribution in [2.24, 2.45) is 5.92 Å². The Labute approximate surface area is 120 Å². The zero-order chi connectivity index (χ0) is 13.8. The second-order valence-corrected chi connectivity index (χ2v) is 5.91. The summed E-state index contributed by atoms with van der Waals surface area (Å²) in [4.78, 5) is 18.4. The first kappa shape index (κ1) is 13.3. The topological polar surface area (TPSA) is 33.2 Å². The molecule has 2 heterocycles. The molecule has 3 rings (SSSR count). The number of carbonyl (C=O) groups is 1. The van der Waals surface area contributed by atoms with Crippen molar-refractivity contribution >= 4 is 5.91 Å². The number of hydrogen-bond acceptors (Lipinski definition) is 2. The molecule has 1 unspecified atom stereocenters. The minimum atomic E-state index is 0.342. The predicted octanol–water partition coefficient (Wildman–Crippen LogP) is 3.14. The summed E-state index contributed by atoms with van der Waals surface area (Å²) < 4.78 is 0. The fourth-order valence-electron chi connectivity index (χ4n) is 3.32. The van der Waals surface area contributed by atoms with E-state index in [1.165, 1.54) is 5.56 Å². The molecule has 3 nitrogen and oxygen atoms in total. The maximum Gasteiger partial charge on any atom is 0.223 e. The third kappa shape index (κ3) is 3.09. The van der Waals surface area contributed by atoms with Gasteiger partial charge in [0.05, 0.1) is 0 Å². The average molecular weight is 270 g/mol. The summed E-state index contributed by atoms with van der Waals surface area (Å²) in [7, 11) is 0. The van der Waals surface area contributed by atoms with E-state index in [0.29, 0.717) is 24.2 Å². The molecule has 0 bridgehead atoms. The van der Waals surface area contributed by atoms with Gasteiger partial charge in [0.25, 0.3) is 0 Å². The number of likely N-dealkylation sites (tertiary alicyclic amines) is 1. The van der Waals surface area contributed by atoms with E-state index in [1.807, 2.05) is 12.4 Å². The van der Waals surface area contributed by atoms with E-state index in [0.717, 1.165) is 38.8 Å². The zero-order valence-electron chi connectivity index (χ0n) is 11.9. The van der Waals surface area contributed by atoms with Gasteiger partial charge in [-0.25, -0.2) is 0 Å². The van der Waals surface area contributed by atoms with E-state index in [2.05, 4.69) is 34.2 Å². The highest BCUT2D eigenvalue weighted by atomic mass is 16.2. The van der Waals surface area contributed by atoms with Crippen LogP contribution in [0.5, 0.6) is 0 Å². The Morgan fingerprint density at radius 1 is 1.20 bits per heavy atom. The number of pyridine rings is 1. The third-order valence-electron chi connectivity index (χ3n) is 4.57. The minimum Gasteiger partial charge on any atom is -0.343 e. The lowest BCUT2D eigenvalue weighted by Crippen LogP contribution is -2.38. The van der Waals surface area contributed by atoms with Crippen molar-refractivity contribution in [2.75, 3.05) is 13.1 Å². The molecule has 0 aromatic carbocycles. The molecule has 1 fully saturated rings. The van der Waals surface area contributed by atoms with Crippen LogP contribution in [0.4, 0.5) is 0 Å². The van der Waals surface area contributed by atoms with Gasteiger partial charge in [0.2, 0.25) is 5.91 Å². The summed E-state index contributed by atoms with van der Waals surface area (Å²) in [5.41, 5.74) is 1.37. The van der Waals surface area contributed by atoms with E-state index in [-0.39, 0.29) is 0 Å². The number of hydrogen-bond donors (Lipinski definition) is 0. The van der Waals surface area contributed by atoms with Crippen molar-refractivity contribution in [3.05, 3.63) is 42.2 Å². The lowest BCUT2D eigenvalue weighted by atomic mass is 9.90. The SMILES string of the molecule is O=C(CC1C=CCC1)N1CCC(c2ccncc2)CC1. The normalized spacial score (nSPS) is 23.2. The highest BCUT2D eigenvalue weighted by Gasteiger charge is 2.25. The van der Waals surface area contributed by atoms with Gasteiger partial charge in [0.1, 0.15) is 0 Å². The first-order chi connectivity index (χ1) is 9.83. The largest absolute Gasteiger partial charge is 0.343 e. The van der Waals surface area contributed by atoms with E-state index in [1.54, 1.807) is 0 Å². The molecule has 2 aliphatic rings. The molecule has 1 aromatic heterocycles. The highest BCUT2D eigenvalue weighted by Crippen LogP contribution is 2.29. The van der Waals surface area contributed by atoms with E-state index in [4.69, 9.17) is 0 Å². The van der Waals surface area contributed by atoms with Crippen molar-refractivity contribution in [2.45, 2.75) is 38.0 Å². The number of piperidine rings is 1. The van der Waals surface area contributed by atoms with Crippen LogP contribution in [0, 0.1) is 5.92 Å². The third-order valence-corrected chi connectivity index (χ3v) is 4.57. The lowest BCUT2D eigenvalue weighted by Gasteiger charge is -2.32. The van der Waals surface area contributed by atoms with Crippen LogP contribution >= 0.6 is 0 Å². The molecule has 1 atom stereocenters. The van der Waals surface area contributed by atoms with Gasteiger partial charge < -0.3 is 4.90 Å². The van der Waals surface area contributed by atoms with Gasteiger partial charge in [-0.3, -0.25) is 9.78 Å². The van der Waals surface area contributed by atoms with Crippen LogP contribution in [0.1, 0.15) is 43.6 Å². The summed E-state index contributed by atoms with van der Waals surface area (Å²) in [6.45, 7) is 1.81. The lowest BCUT2D eigenvalue weighted by molar-refractivity contribution is -0.132. The quantitative estimate of drug-likeness (QED) is 0.791. The maximum atomic E-state index is 12.3. The summed E-state index contributed by atoms with van der Waals surface area (Å²) in [6, 6.07) is 4.21. The molecule has 0 spiro atoms. The van der Waals surface area contributed by atoms with Crippen molar-refractivity contribution < 1.29 is 4.79 Å². The van der Waals surface area contributed by atoms with Gasteiger partial charge in [-0.15, -0.1) is 0 Å². The number of carbonyl (C=O) groups excluding carboxylic acids is 1. The monoisotopic (exact) mass is 270 g/mol. The van der Waals surface area contributed by atoms with Crippen LogP contribution in [0.2, 0.25) is 0 Å². The second-order valence-electron chi connectivity index (χ2n) is 5.91. The van der Waals surface area contributed by atoms with Crippen LogP contribution in [-0.2, 0) is 4.79 Å². The van der Waals surface area contributed by atoms with Crippen molar-refractivity contribution in [1.82, 2.24) is 9.88 Å². The van der Waals surface area contributed by atoms with Crippen molar-refractivity contribution in [1.29, 1.82) is 0 Å². The average Bonchev–Trinajstić information content (AvgIpc) is 3.01. The number of aromatic nitrogens is 1. The van der Waals surface area contributed by atoms with Crippen molar-refractivity contribution in [3.8, 4) is 0 Å². The van der Waals surface area contributed by atoms with Gasteiger partial charge in [-0.2, -0.15) is 0 Å². The van der Waals surface area contributed by atoms with E-state index in [9.17, 15) is 4.79 Å². The summed E-state index contributed by atoms with van der Waals surface area (Å²) in [6.07, 6.45) is 13.3. The maximum absolute atomic E-state index is 12.3. The van der Waals surface area contributed by atoms with Crippen LogP contribution in [0.3, 0.4) is 0 Å². The number of amides is 1. The van der Waals surface area contributed by atoms with E-state index < -0.39 is 0 Å². The van der Waals surface area contributed by atoms with Gasteiger partial charge in [0, 0.05) is 31.9 Å². The molecule has 106 valence electrons. The molecule has 0 radical (unpaired) electrons. The second kappa shape index (κ2) is 6.21. The molecular weight excluding hydrogens is 248 g/mol. The number of nitrogens with zero attached hydrogens (tertiary/aromatic N) is 2. The minimum absolute atomic E-state index is 0.342. The Morgan fingerprint density at radius 2 is 1.95 bits per heavy atom. The summed E-state index contributed by atoms with van der Waals surface area (Å²) >= 11 is 0. The molecule has 20 heavy (non-hydrogen) atoms. The molecular formula is C17H22N2O. The molecule has 1 amide bonds. The molecule has 1 aliphatic carbocycles. The molecule has 3 heteroatoms. The van der Waals surface area contributed by atoms with Crippen LogP contribution in [0.15, 0.2) is 36.7 Å². The number of rotatable bonds is 3. The van der Waals surface area contributed by atoms with Gasteiger partial charge in [0.15, 0.2) is 0 Å². The smallest absolute Gasteiger partial charge is 0.223 e. The predicted molar refractivity (Wildman–Crippen MR) is 79.3 cm³/mol. The standard InChI is InChI=1S/C17H22N2O/c20-17(13-14-3-1-2-4-14)19-11-7-16(8-12-19)15-5-9-18-10-6-15/h1,3,5-6,9-10,14,16H,2,4,7-8,11-13H2. The Balaban J connectivity index is 1.50. The Kier molecular flexibility index (Phi) is 4.14. The van der Waals surface area contributed by atoms with Crippen molar-refractivity contribution in [3.63, 3.8) is 0 Å². The van der Waals surface area contributed by atoms with Crippen LogP contribution in [0.25, 0.3) is 0 Å². The first-order valence-corrected chi connectivity index (χ1v) is 7.67. The molecule has 1 aromatic rings. The Hall–Kier alpha value is -1.64. The summed E-state index contributed by atoms with van der Waals surface area (Å²) in [5.74, 6) is 1.42. The van der Waals surface area contributed by atoms with E-state index >= 15 is 0 Å². The Bertz CT molecular complexity index is 475. The van der Waals surface area contributed by atoms with Crippen LogP contribution < -0.4 is 0 Å². The fourth-order valence-corrected chi connectivity index (χ4v) is 3.32. The molecule has 0 N–H and O–H groups in total. The zero-order valence-corrected chi connectivity index (χ0v) is 11.9. The molecule has 0 saturated carbocycles. The summed E-state index contributed by atoms with van der Waals surface area (Å²) in [5, 5.41) is 0. The Morgan fingerprint density at radius 3 is 2.60 bits per heavy atom. The fraction of sp³-hybridized carbons (Fsp3) is 0.529. The first-order valence-electron chi connectivity index (χ1n) is 7.67. The van der Waals surface area contributed by atoms with Gasteiger partial charge in [-0.05, 0) is 55.2 Å². The number of allylic oxidation sites excluding steroid dienone is 2.